The molecule has 0 rings (SSSR count). The highest BCUT2D eigenvalue weighted by atomic mass is 16.4. The van der Waals surface area contributed by atoms with Gasteiger partial charge in [-0.1, -0.05) is 111 Å². The third-order valence-corrected chi connectivity index (χ3v) is 19.6. The zero-order valence-electron chi connectivity index (χ0n) is 74.5. The van der Waals surface area contributed by atoms with Crippen LogP contribution in [0.5, 0.6) is 0 Å². The van der Waals surface area contributed by atoms with E-state index in [1.807, 2.05) is 83.1 Å². The van der Waals surface area contributed by atoms with Gasteiger partial charge < -0.3 is 114 Å². The molecule has 14 amide bonds. The topological polar surface area (TPSA) is 615 Å². The molecule has 0 spiro atoms. The molecule has 0 heterocycles. The molecule has 0 aliphatic carbocycles. The smallest absolute Gasteiger partial charge is 0.303 e. The van der Waals surface area contributed by atoms with E-state index in [1.54, 1.807) is 27.7 Å². The van der Waals surface area contributed by atoms with E-state index in [9.17, 15) is 77.0 Å². The van der Waals surface area contributed by atoms with E-state index in [-0.39, 0.29) is 157 Å². The van der Waals surface area contributed by atoms with E-state index >= 15 is 0 Å². The molecule has 28 N–H and O–H groups in total. The Balaban J connectivity index is 7.42. The molecule has 686 valence electrons. The van der Waals surface area contributed by atoms with Gasteiger partial charge in [0.05, 0.1) is 6.04 Å². The lowest BCUT2D eigenvalue weighted by atomic mass is 9.98. The monoisotopic (exact) mass is 1690 g/mol. The van der Waals surface area contributed by atoms with E-state index < -0.39 is 186 Å². The summed E-state index contributed by atoms with van der Waals surface area (Å²) >= 11 is 0. The molecule has 14 atom stereocenters. The number of primary amides is 1. The zero-order valence-corrected chi connectivity index (χ0v) is 74.5. The maximum absolute atomic E-state index is 14.8. The molecule has 0 aromatic rings. The molecule has 0 aromatic heterocycles. The average Bonchev–Trinajstić information content (AvgIpc) is 0.854. The summed E-state index contributed by atoms with van der Waals surface area (Å²) in [5.74, 6) is -13.1. The van der Waals surface area contributed by atoms with Gasteiger partial charge in [0.15, 0.2) is 0 Å². The van der Waals surface area contributed by atoms with Crippen LogP contribution in [0.3, 0.4) is 0 Å². The fourth-order valence-electron chi connectivity index (χ4n) is 13.4. The maximum Gasteiger partial charge on any atom is 0.303 e. The molecule has 36 heteroatoms. The highest BCUT2D eigenvalue weighted by molar-refractivity contribution is 6.00. The Morgan fingerprint density at radius 1 is 0.218 bits per heavy atom. The van der Waals surface area contributed by atoms with Gasteiger partial charge in [-0.2, -0.15) is 0 Å². The van der Waals surface area contributed by atoms with Crippen LogP contribution < -0.4 is 109 Å². The summed E-state index contributed by atoms with van der Waals surface area (Å²) in [5, 5.41) is 45.7. The molecular weight excluding hydrogens is 1530 g/mol. The molecule has 0 aliphatic rings. The van der Waals surface area contributed by atoms with Crippen LogP contribution in [-0.2, 0) is 71.9 Å². The third-order valence-electron chi connectivity index (χ3n) is 19.6. The average molecular weight is 1690 g/mol. The van der Waals surface area contributed by atoms with Crippen LogP contribution in [0.15, 0.2) is 0 Å². The number of carbonyl (C=O) groups excluding carboxylic acids is 14. The minimum atomic E-state index is -1.58. The van der Waals surface area contributed by atoms with Crippen LogP contribution in [0.4, 0.5) is 0 Å². The number of nitrogens with one attached hydrogen (secondary N) is 13. The molecule has 0 radical (unpaired) electrons. The summed E-state index contributed by atoms with van der Waals surface area (Å²) in [6.07, 6.45) is 4.10. The van der Waals surface area contributed by atoms with Crippen molar-refractivity contribution in [3.05, 3.63) is 0 Å². The zero-order chi connectivity index (χ0) is 90.8. The molecule has 0 aromatic carbocycles. The number of aliphatic carboxylic acids is 1. The number of hydrogen-bond donors (Lipinski definition) is 21. The van der Waals surface area contributed by atoms with Gasteiger partial charge in [0.25, 0.3) is 0 Å². The normalized spacial score (nSPS) is 15.2. The number of carboxylic acid groups (broad SMARTS) is 1. The predicted octanol–water partition coefficient (Wildman–Crippen LogP) is 0.980. The Hall–Kier alpha value is -8.19. The number of unbranched alkanes of at least 4 members (excludes halogenated alkanes) is 5. The number of rotatable bonds is 66. The van der Waals surface area contributed by atoms with E-state index in [4.69, 9.17) is 40.1 Å². The van der Waals surface area contributed by atoms with Crippen LogP contribution in [0.1, 0.15) is 271 Å². The minimum absolute atomic E-state index is 0.000304. The first-order chi connectivity index (χ1) is 55.8. The molecule has 0 saturated heterocycles. The summed E-state index contributed by atoms with van der Waals surface area (Å²) in [6.45, 7) is 30.5. The maximum atomic E-state index is 14.8. The quantitative estimate of drug-likeness (QED) is 0.0377. The van der Waals surface area contributed by atoms with E-state index in [0.29, 0.717) is 70.6 Å². The Morgan fingerprint density at radius 3 is 0.538 bits per heavy atom. The highest BCUT2D eigenvalue weighted by Gasteiger charge is 2.39. The lowest BCUT2D eigenvalue weighted by Gasteiger charge is -2.30. The van der Waals surface area contributed by atoms with Crippen molar-refractivity contribution in [2.45, 2.75) is 356 Å². The SMILES string of the molecule is CC(C)C[C@H](NC(=O)[C@H](CC(C)C)NC(=O)[C@H](CCCCN)NC(=O)[C@H](CCCCN)NC(=O)[C@H](CC(C)C)NC(=O)[C@H](CC(C)C)NC(=O)[C@H](CCCCN)NC(=O)[C@H](CCCCN)NC(=O)[C@H](CC(C)C)NC(=O)[C@H](CC(C)C)NC(=O)[C@H](CCC(=O)O)NC(=O)[C@H](CCCCN)NC(=O)[C@H](CC(C)C)NC(=O)[C@@H](N)CC(C)C)C(N)=O. The van der Waals surface area contributed by atoms with Crippen molar-refractivity contribution in [1.82, 2.24) is 69.1 Å². The van der Waals surface area contributed by atoms with E-state index in [2.05, 4.69) is 69.1 Å². The number of hydrogen-bond acceptors (Lipinski definition) is 21. The first-order valence-corrected chi connectivity index (χ1v) is 43.6. The number of carbonyl (C=O) groups is 15. The van der Waals surface area contributed by atoms with Crippen LogP contribution >= 0.6 is 0 Å². The molecule has 119 heavy (non-hydrogen) atoms. The lowest BCUT2D eigenvalue weighted by Crippen LogP contribution is -2.61. The number of amides is 14. The fraction of sp³-hybridized carbons (Fsp3) is 0.819. The Labute approximate surface area is 707 Å². The van der Waals surface area contributed by atoms with Crippen molar-refractivity contribution in [1.29, 1.82) is 0 Å². The van der Waals surface area contributed by atoms with E-state index in [0.717, 1.165) is 0 Å². The molecular formula is C83H158N20O16. The van der Waals surface area contributed by atoms with Crippen LogP contribution in [0.2, 0.25) is 0 Å². The van der Waals surface area contributed by atoms with Gasteiger partial charge in [-0.25, -0.2) is 0 Å². The van der Waals surface area contributed by atoms with Gasteiger partial charge in [-0.15, -0.1) is 0 Å². The molecule has 36 nitrogen and oxygen atoms in total. The molecule has 0 bridgehead atoms. The van der Waals surface area contributed by atoms with Gasteiger partial charge in [0.2, 0.25) is 82.7 Å². The van der Waals surface area contributed by atoms with Gasteiger partial charge in [0, 0.05) is 6.42 Å². The van der Waals surface area contributed by atoms with Crippen molar-refractivity contribution in [2.75, 3.05) is 32.7 Å². The van der Waals surface area contributed by atoms with Crippen molar-refractivity contribution in [3.63, 3.8) is 0 Å². The summed E-state index contributed by atoms with van der Waals surface area (Å²) in [6, 6.07) is -17.6. The second-order valence-electron chi connectivity index (χ2n) is 35.2. The first kappa shape index (κ1) is 111. The van der Waals surface area contributed by atoms with Crippen molar-refractivity contribution >= 4 is 88.7 Å². The van der Waals surface area contributed by atoms with Gasteiger partial charge in [-0.05, 0) is 234 Å². The van der Waals surface area contributed by atoms with Gasteiger partial charge in [0.1, 0.15) is 78.5 Å². The second kappa shape index (κ2) is 61.2. The minimum Gasteiger partial charge on any atom is -0.481 e. The van der Waals surface area contributed by atoms with E-state index in [1.165, 1.54) is 0 Å². The first-order valence-electron chi connectivity index (χ1n) is 43.6. The fourth-order valence-corrected chi connectivity index (χ4v) is 13.4. The second-order valence-corrected chi connectivity index (χ2v) is 35.2. The lowest BCUT2D eigenvalue weighted by molar-refractivity contribution is -0.139. The summed E-state index contributed by atoms with van der Waals surface area (Å²) in [4.78, 5) is 212. The molecule has 0 aliphatic heterocycles. The summed E-state index contributed by atoms with van der Waals surface area (Å²) in [7, 11) is 0. The number of nitrogens with two attached hydrogens (primary N) is 7. The van der Waals surface area contributed by atoms with Crippen molar-refractivity contribution < 1.29 is 77.0 Å². The van der Waals surface area contributed by atoms with Crippen LogP contribution in [0, 0.1) is 47.3 Å². The standard InChI is InChI=1S/C83H158N20O16/c1-47(2)39-55(89)71(107)98-63(41-49(5)6)78(114)93-58(29-19-24-36-86)74(110)96-61(32-33-69(104)105)77(113)101-68(46-54(15)16)83(119)103-65(43-51(9)10)80(116)95-57(28-18-23-35-85)73(109)92-60(31-21-26-38-88)76(112)100-67(45-53(13)14)82(118)102-64(42-50(7)8)79(115)94-56(27-17-22-34-84)72(108)91-59(30-20-25-37-87)75(111)99-66(44-52(11)12)81(117)97-62(70(90)106)40-48(3)4/h47-68H,17-46,84-89H2,1-16H3,(H2,90,106)(H,91,108)(H,92,109)(H,93,114)(H,94,115)(H,95,116)(H,96,110)(H,97,117)(H,98,107)(H,99,111)(H,100,112)(H,101,113)(H,102,118)(H,103,119)(H,104,105)/t55-,56-,57-,58-,59-,60-,61-,62-,63-,64-,65-,66-,67-,68-/m0/s1. The van der Waals surface area contributed by atoms with Crippen LogP contribution in [-0.4, -0.2) is 211 Å². The Kier molecular flexibility index (Phi) is 56.9. The third kappa shape index (κ3) is 48.7. The van der Waals surface area contributed by atoms with Crippen LogP contribution in [0.25, 0.3) is 0 Å². The molecule has 0 unspecified atom stereocenters. The highest BCUT2D eigenvalue weighted by Crippen LogP contribution is 2.19. The molecule has 0 fully saturated rings. The Morgan fingerprint density at radius 2 is 0.370 bits per heavy atom. The van der Waals surface area contributed by atoms with Gasteiger partial charge >= 0.3 is 5.97 Å². The predicted molar refractivity (Wildman–Crippen MR) is 459 cm³/mol. The largest absolute Gasteiger partial charge is 0.481 e. The Bertz CT molecular complexity index is 3100. The number of carboxylic acids is 1. The van der Waals surface area contributed by atoms with Crippen molar-refractivity contribution in [3.8, 4) is 0 Å². The van der Waals surface area contributed by atoms with Gasteiger partial charge in [-0.3, -0.25) is 71.9 Å². The molecule has 0 saturated carbocycles. The summed E-state index contributed by atoms with van der Waals surface area (Å²) in [5.41, 5.74) is 41.2. The summed E-state index contributed by atoms with van der Waals surface area (Å²) < 4.78 is 0. The van der Waals surface area contributed by atoms with Crippen molar-refractivity contribution in [2.24, 2.45) is 87.5 Å².